The maximum Gasteiger partial charge on any atom is 0.141 e. The zero-order valence-electron chi connectivity index (χ0n) is 9.08. The van der Waals surface area contributed by atoms with Gasteiger partial charge in [-0.05, 0) is 35.9 Å². The highest BCUT2D eigenvalue weighted by Gasteiger charge is 2.10. The largest absolute Gasteiger partial charge is 0.464 e. The molecular weight excluding hydrogens is 212 g/mol. The summed E-state index contributed by atoms with van der Waals surface area (Å²) in [4.78, 5) is 8.02. The minimum atomic E-state index is 0.860. The number of furan rings is 1. The summed E-state index contributed by atoms with van der Waals surface area (Å²) in [5.74, 6) is 0.860. The number of hydrogen-bond acceptors (Lipinski definition) is 3. The predicted octanol–water partition coefficient (Wildman–Crippen LogP) is 3.40. The number of rotatable bonds is 2. The molecular formula is C14H10N2O. The van der Waals surface area contributed by atoms with Crippen LogP contribution in [-0.2, 0) is 0 Å². The zero-order valence-corrected chi connectivity index (χ0v) is 9.08. The molecule has 82 valence electrons. The summed E-state index contributed by atoms with van der Waals surface area (Å²) in [5, 5.41) is 0. The Morgan fingerprint density at radius 1 is 0.706 bits per heavy atom. The second-order valence-corrected chi connectivity index (χ2v) is 3.64. The summed E-state index contributed by atoms with van der Waals surface area (Å²) >= 11 is 0. The van der Waals surface area contributed by atoms with Crippen molar-refractivity contribution < 1.29 is 4.42 Å². The van der Waals surface area contributed by atoms with Crippen molar-refractivity contribution in [1.82, 2.24) is 9.97 Å². The van der Waals surface area contributed by atoms with Gasteiger partial charge in [0, 0.05) is 35.9 Å². The molecule has 3 aromatic rings. The molecule has 0 saturated heterocycles. The van der Waals surface area contributed by atoms with Crippen molar-refractivity contribution in [2.75, 3.05) is 0 Å². The molecule has 3 nitrogen and oxygen atoms in total. The van der Waals surface area contributed by atoms with Crippen molar-refractivity contribution in [2.24, 2.45) is 0 Å². The molecule has 3 rings (SSSR count). The Hall–Kier alpha value is -2.42. The summed E-state index contributed by atoms with van der Waals surface area (Å²) in [5.41, 5.74) is 3.19. The molecule has 3 heteroatoms. The van der Waals surface area contributed by atoms with Gasteiger partial charge in [-0.15, -0.1) is 0 Å². The number of hydrogen-bond donors (Lipinski definition) is 0. The monoisotopic (exact) mass is 222 g/mol. The van der Waals surface area contributed by atoms with Crippen LogP contribution < -0.4 is 0 Å². The Morgan fingerprint density at radius 3 is 1.94 bits per heavy atom. The fourth-order valence-electron chi connectivity index (χ4n) is 1.79. The molecule has 0 bridgehead atoms. The molecule has 3 heterocycles. The van der Waals surface area contributed by atoms with Crippen molar-refractivity contribution >= 4 is 0 Å². The molecule has 0 aliphatic rings. The van der Waals surface area contributed by atoms with Gasteiger partial charge in [-0.1, -0.05) is 0 Å². The lowest BCUT2D eigenvalue weighted by Gasteiger charge is -2.02. The average molecular weight is 222 g/mol. The van der Waals surface area contributed by atoms with Crippen LogP contribution >= 0.6 is 0 Å². The van der Waals surface area contributed by atoms with Crippen LogP contribution in [0.15, 0.2) is 65.8 Å². The van der Waals surface area contributed by atoms with Gasteiger partial charge in [0.1, 0.15) is 5.76 Å². The predicted molar refractivity (Wildman–Crippen MR) is 65.2 cm³/mol. The van der Waals surface area contributed by atoms with Crippen LogP contribution in [0.2, 0.25) is 0 Å². The summed E-state index contributed by atoms with van der Waals surface area (Å²) in [7, 11) is 0. The van der Waals surface area contributed by atoms with E-state index < -0.39 is 0 Å². The Labute approximate surface area is 98.8 Å². The molecule has 0 aliphatic heterocycles. The molecule has 0 unspecified atom stereocenters. The van der Waals surface area contributed by atoms with Crippen molar-refractivity contribution in [3.8, 4) is 22.5 Å². The molecule has 0 radical (unpaired) electrons. The molecule has 0 spiro atoms. The summed E-state index contributed by atoms with van der Waals surface area (Å²) in [6, 6.07) is 9.77. The van der Waals surface area contributed by atoms with Crippen LogP contribution in [0.1, 0.15) is 0 Å². The Bertz CT molecular complexity index is 548. The fraction of sp³-hybridized carbons (Fsp3) is 0. The third-order valence-corrected chi connectivity index (χ3v) is 2.60. The van der Waals surface area contributed by atoms with E-state index in [2.05, 4.69) is 9.97 Å². The lowest BCUT2D eigenvalue weighted by Crippen LogP contribution is -1.81. The van der Waals surface area contributed by atoms with Crippen molar-refractivity contribution in [3.05, 3.63) is 61.4 Å². The normalized spacial score (nSPS) is 10.4. The highest BCUT2D eigenvalue weighted by molar-refractivity contribution is 5.79. The van der Waals surface area contributed by atoms with Crippen LogP contribution in [-0.4, -0.2) is 9.97 Å². The minimum Gasteiger partial charge on any atom is -0.464 e. The number of aromatic nitrogens is 2. The maximum atomic E-state index is 5.56. The van der Waals surface area contributed by atoms with Crippen molar-refractivity contribution in [1.29, 1.82) is 0 Å². The maximum absolute atomic E-state index is 5.56. The highest BCUT2D eigenvalue weighted by atomic mass is 16.3. The van der Waals surface area contributed by atoms with Crippen LogP contribution in [0.3, 0.4) is 0 Å². The van der Waals surface area contributed by atoms with E-state index in [0.717, 1.165) is 22.5 Å². The third-order valence-electron chi connectivity index (χ3n) is 2.60. The molecule has 3 aromatic heterocycles. The standard InChI is InChI=1S/C14H10N2O/c1-6-15-7-2-11(1)13-5-10-17-14(13)12-3-8-16-9-4-12/h1-10H. The number of nitrogens with zero attached hydrogens (tertiary/aromatic N) is 2. The van der Waals surface area contributed by atoms with Gasteiger partial charge in [0.05, 0.1) is 6.26 Å². The van der Waals surface area contributed by atoms with Crippen molar-refractivity contribution in [2.45, 2.75) is 0 Å². The molecule has 0 aliphatic carbocycles. The Kier molecular flexibility index (Phi) is 2.43. The Morgan fingerprint density at radius 2 is 1.29 bits per heavy atom. The number of pyridine rings is 2. The van der Waals surface area contributed by atoms with Gasteiger partial charge in [0.25, 0.3) is 0 Å². The highest BCUT2D eigenvalue weighted by Crippen LogP contribution is 2.32. The van der Waals surface area contributed by atoms with Gasteiger partial charge in [0.15, 0.2) is 0 Å². The van der Waals surface area contributed by atoms with Gasteiger partial charge < -0.3 is 4.42 Å². The molecule has 17 heavy (non-hydrogen) atoms. The third kappa shape index (κ3) is 1.83. The van der Waals surface area contributed by atoms with E-state index in [9.17, 15) is 0 Å². The minimum absolute atomic E-state index is 0.860. The summed E-state index contributed by atoms with van der Waals surface area (Å²) in [6.45, 7) is 0. The SMILES string of the molecule is c1cc(-c2ccoc2-c2ccncc2)ccn1. The zero-order chi connectivity index (χ0) is 11.5. The Balaban J connectivity index is 2.13. The molecule has 0 saturated carbocycles. The lowest BCUT2D eigenvalue weighted by molar-refractivity contribution is 0.583. The van der Waals surface area contributed by atoms with E-state index >= 15 is 0 Å². The quantitative estimate of drug-likeness (QED) is 0.667. The molecule has 0 aromatic carbocycles. The second-order valence-electron chi connectivity index (χ2n) is 3.64. The first-order chi connectivity index (χ1) is 8.45. The first-order valence-corrected chi connectivity index (χ1v) is 5.33. The van der Waals surface area contributed by atoms with Crippen LogP contribution in [0.5, 0.6) is 0 Å². The molecule has 0 N–H and O–H groups in total. The summed E-state index contributed by atoms with van der Waals surface area (Å²) in [6.07, 6.45) is 8.77. The van der Waals surface area contributed by atoms with E-state index in [1.807, 2.05) is 30.3 Å². The van der Waals surface area contributed by atoms with Gasteiger partial charge >= 0.3 is 0 Å². The second kappa shape index (κ2) is 4.22. The smallest absolute Gasteiger partial charge is 0.141 e. The van der Waals surface area contributed by atoms with Gasteiger partial charge in [-0.2, -0.15) is 0 Å². The first-order valence-electron chi connectivity index (χ1n) is 5.33. The van der Waals surface area contributed by atoms with Crippen molar-refractivity contribution in [3.63, 3.8) is 0 Å². The van der Waals surface area contributed by atoms with Gasteiger partial charge in [0.2, 0.25) is 0 Å². The topological polar surface area (TPSA) is 38.9 Å². The van der Waals surface area contributed by atoms with Crippen LogP contribution in [0, 0.1) is 0 Å². The van der Waals surface area contributed by atoms with E-state index in [0.29, 0.717) is 0 Å². The average Bonchev–Trinajstić information content (AvgIpc) is 2.90. The van der Waals surface area contributed by atoms with Gasteiger partial charge in [-0.3, -0.25) is 9.97 Å². The van der Waals surface area contributed by atoms with E-state index in [-0.39, 0.29) is 0 Å². The van der Waals surface area contributed by atoms with Crippen LogP contribution in [0.4, 0.5) is 0 Å². The molecule has 0 fully saturated rings. The van der Waals surface area contributed by atoms with Crippen LogP contribution in [0.25, 0.3) is 22.5 Å². The van der Waals surface area contributed by atoms with E-state index in [1.165, 1.54) is 0 Å². The molecule has 0 atom stereocenters. The van der Waals surface area contributed by atoms with E-state index in [1.54, 1.807) is 31.1 Å². The molecule has 0 amide bonds. The van der Waals surface area contributed by atoms with E-state index in [4.69, 9.17) is 4.42 Å². The first kappa shape index (κ1) is 9.78. The van der Waals surface area contributed by atoms with Gasteiger partial charge in [-0.25, -0.2) is 0 Å². The lowest BCUT2D eigenvalue weighted by atomic mass is 10.0. The summed E-state index contributed by atoms with van der Waals surface area (Å²) < 4.78 is 5.56. The fourth-order valence-corrected chi connectivity index (χ4v) is 1.79.